The Hall–Kier alpha value is -2.58. The second-order valence-corrected chi connectivity index (χ2v) is 4.53. The molecule has 0 fully saturated rings. The van der Waals surface area contributed by atoms with Crippen LogP contribution in [-0.2, 0) is 7.05 Å². The lowest BCUT2D eigenvalue weighted by Crippen LogP contribution is -2.20. The summed E-state index contributed by atoms with van der Waals surface area (Å²) in [6, 6.07) is 9.28. The van der Waals surface area contributed by atoms with E-state index in [1.165, 1.54) is 29.0 Å². The van der Waals surface area contributed by atoms with Gasteiger partial charge in [-0.3, -0.25) is 9.59 Å². The fourth-order valence-electron chi connectivity index (χ4n) is 1.57. The van der Waals surface area contributed by atoms with Gasteiger partial charge in [0.25, 0.3) is 11.5 Å². The maximum atomic E-state index is 12.0. The number of hydrogen-bond donors (Lipinski definition) is 1. The van der Waals surface area contributed by atoms with Crippen molar-refractivity contribution in [2.24, 2.45) is 7.05 Å². The van der Waals surface area contributed by atoms with E-state index in [4.69, 9.17) is 16.9 Å². The maximum Gasteiger partial charge on any atom is 0.255 e. The Bertz CT molecular complexity index is 775. The molecule has 0 aliphatic heterocycles. The van der Waals surface area contributed by atoms with E-state index in [1.54, 1.807) is 19.2 Å². The Morgan fingerprint density at radius 2 is 2.10 bits per heavy atom. The first-order valence-electron chi connectivity index (χ1n) is 5.69. The lowest BCUT2D eigenvalue weighted by atomic mass is 10.2. The van der Waals surface area contributed by atoms with Crippen molar-refractivity contribution < 1.29 is 4.79 Å². The first-order valence-corrected chi connectivity index (χ1v) is 6.07. The van der Waals surface area contributed by atoms with E-state index >= 15 is 0 Å². The van der Waals surface area contributed by atoms with Gasteiger partial charge >= 0.3 is 0 Å². The van der Waals surface area contributed by atoms with Crippen LogP contribution in [0.5, 0.6) is 0 Å². The van der Waals surface area contributed by atoms with E-state index in [2.05, 4.69) is 5.32 Å². The van der Waals surface area contributed by atoms with E-state index in [0.717, 1.165) is 0 Å². The SMILES string of the molecule is Cn1ccc(C(=O)Nc2ccc(C#N)cc2Cl)cc1=O. The standard InChI is InChI=1S/C14H10ClN3O2/c1-18-5-4-10(7-13(18)19)14(20)17-12-3-2-9(8-16)6-11(12)15/h2-7H,1H3,(H,17,20). The molecule has 0 saturated heterocycles. The van der Waals surface area contributed by atoms with Gasteiger partial charge in [-0.05, 0) is 24.3 Å². The van der Waals surface area contributed by atoms with Crippen LogP contribution in [0.4, 0.5) is 5.69 Å². The molecule has 0 aliphatic carbocycles. The molecule has 5 nitrogen and oxygen atoms in total. The van der Waals surface area contributed by atoms with Crippen LogP contribution in [0.1, 0.15) is 15.9 Å². The maximum absolute atomic E-state index is 12.0. The third-order valence-corrected chi connectivity index (χ3v) is 3.03. The highest BCUT2D eigenvalue weighted by atomic mass is 35.5. The summed E-state index contributed by atoms with van der Waals surface area (Å²) in [5.74, 6) is -0.436. The summed E-state index contributed by atoms with van der Waals surface area (Å²) in [5, 5.41) is 11.6. The first-order chi connectivity index (χ1) is 9.51. The number of rotatable bonds is 2. The zero-order valence-electron chi connectivity index (χ0n) is 10.6. The van der Waals surface area contributed by atoms with E-state index in [9.17, 15) is 9.59 Å². The van der Waals surface area contributed by atoms with Gasteiger partial charge in [0.15, 0.2) is 0 Å². The quantitative estimate of drug-likeness (QED) is 0.920. The van der Waals surface area contributed by atoms with Gasteiger partial charge in [-0.2, -0.15) is 5.26 Å². The number of nitrogens with one attached hydrogen (secondary N) is 1. The number of pyridine rings is 1. The minimum Gasteiger partial charge on any atom is -0.321 e. The van der Waals surface area contributed by atoms with Crippen LogP contribution in [-0.4, -0.2) is 10.5 Å². The monoisotopic (exact) mass is 287 g/mol. The molecule has 1 N–H and O–H groups in total. The molecule has 0 atom stereocenters. The molecule has 20 heavy (non-hydrogen) atoms. The van der Waals surface area contributed by atoms with Gasteiger partial charge < -0.3 is 9.88 Å². The van der Waals surface area contributed by atoms with E-state index in [1.807, 2.05) is 6.07 Å². The molecule has 0 radical (unpaired) electrons. The Morgan fingerprint density at radius 3 is 2.70 bits per heavy atom. The van der Waals surface area contributed by atoms with Gasteiger partial charge in [0, 0.05) is 24.9 Å². The number of aromatic nitrogens is 1. The summed E-state index contributed by atoms with van der Waals surface area (Å²) in [7, 11) is 1.60. The van der Waals surface area contributed by atoms with Crippen LogP contribution < -0.4 is 10.9 Å². The van der Waals surface area contributed by atoms with Gasteiger partial charge in [0.1, 0.15) is 0 Å². The third-order valence-electron chi connectivity index (χ3n) is 2.71. The lowest BCUT2D eigenvalue weighted by Gasteiger charge is -2.07. The smallest absolute Gasteiger partial charge is 0.255 e. The average molecular weight is 288 g/mol. The molecule has 0 unspecified atom stereocenters. The van der Waals surface area contributed by atoms with Gasteiger partial charge in [0.2, 0.25) is 0 Å². The van der Waals surface area contributed by atoms with E-state index < -0.39 is 5.91 Å². The molecule has 1 aromatic carbocycles. The summed E-state index contributed by atoms with van der Waals surface area (Å²) in [5.41, 5.74) is 0.759. The van der Waals surface area contributed by atoms with Crippen molar-refractivity contribution in [3.05, 3.63) is 63.0 Å². The first kappa shape index (κ1) is 13.8. The summed E-state index contributed by atoms with van der Waals surface area (Å²) >= 11 is 5.96. The van der Waals surface area contributed by atoms with Crippen LogP contribution in [0.2, 0.25) is 5.02 Å². The molecule has 0 spiro atoms. The Kier molecular flexibility index (Phi) is 3.87. The van der Waals surface area contributed by atoms with E-state index in [-0.39, 0.29) is 16.1 Å². The van der Waals surface area contributed by atoms with Crippen LogP contribution in [0.15, 0.2) is 41.3 Å². The number of nitriles is 1. The number of halogens is 1. The van der Waals surface area contributed by atoms with Crippen molar-refractivity contribution in [3.63, 3.8) is 0 Å². The van der Waals surface area contributed by atoms with Crippen molar-refractivity contribution in [2.45, 2.75) is 0 Å². The Labute approximate surface area is 120 Å². The van der Waals surface area contributed by atoms with Crippen LogP contribution >= 0.6 is 11.6 Å². The third kappa shape index (κ3) is 2.87. The minimum absolute atomic E-state index is 0.244. The predicted molar refractivity (Wildman–Crippen MR) is 75.8 cm³/mol. The van der Waals surface area contributed by atoms with Gasteiger partial charge in [-0.25, -0.2) is 0 Å². The minimum atomic E-state index is -0.436. The average Bonchev–Trinajstić information content (AvgIpc) is 2.43. The zero-order valence-corrected chi connectivity index (χ0v) is 11.3. The number of anilines is 1. The molecule has 1 amide bonds. The summed E-state index contributed by atoms with van der Waals surface area (Å²) in [6.07, 6.45) is 1.51. The number of nitrogens with zero attached hydrogens (tertiary/aromatic N) is 2. The number of hydrogen-bond acceptors (Lipinski definition) is 3. The fourth-order valence-corrected chi connectivity index (χ4v) is 1.80. The summed E-state index contributed by atoms with van der Waals surface area (Å²) < 4.78 is 1.37. The van der Waals surface area contributed by atoms with Gasteiger partial charge in [0.05, 0.1) is 22.3 Å². The highest BCUT2D eigenvalue weighted by molar-refractivity contribution is 6.34. The van der Waals surface area contributed by atoms with E-state index in [0.29, 0.717) is 11.3 Å². The molecule has 6 heteroatoms. The van der Waals surface area contributed by atoms with Crippen molar-refractivity contribution >= 4 is 23.2 Å². The van der Waals surface area contributed by atoms with Crippen LogP contribution in [0.25, 0.3) is 0 Å². The number of carbonyl (C=O) groups is 1. The van der Waals surface area contributed by atoms with Crippen LogP contribution in [0, 0.1) is 11.3 Å². The molecule has 1 aromatic heterocycles. The summed E-state index contributed by atoms with van der Waals surface area (Å²) in [6.45, 7) is 0. The van der Waals surface area contributed by atoms with Crippen LogP contribution in [0.3, 0.4) is 0 Å². The second-order valence-electron chi connectivity index (χ2n) is 4.13. The normalized spacial score (nSPS) is 9.85. The number of aryl methyl sites for hydroxylation is 1. The molecule has 1 heterocycles. The Balaban J connectivity index is 2.26. The van der Waals surface area contributed by atoms with Crippen molar-refractivity contribution in [3.8, 4) is 6.07 Å². The fraction of sp³-hybridized carbons (Fsp3) is 0.0714. The van der Waals surface area contributed by atoms with Crippen molar-refractivity contribution in [2.75, 3.05) is 5.32 Å². The zero-order chi connectivity index (χ0) is 14.7. The molecule has 2 aromatic rings. The molecule has 0 saturated carbocycles. The molecular weight excluding hydrogens is 278 g/mol. The largest absolute Gasteiger partial charge is 0.321 e. The number of benzene rings is 1. The molecule has 100 valence electrons. The predicted octanol–water partition coefficient (Wildman–Crippen LogP) is 2.16. The molecular formula is C14H10ClN3O2. The summed E-state index contributed by atoms with van der Waals surface area (Å²) in [4.78, 5) is 23.5. The molecule has 0 bridgehead atoms. The molecule has 2 rings (SSSR count). The highest BCUT2D eigenvalue weighted by Crippen LogP contribution is 2.23. The lowest BCUT2D eigenvalue weighted by molar-refractivity contribution is 0.102. The Morgan fingerprint density at radius 1 is 1.35 bits per heavy atom. The van der Waals surface area contributed by atoms with Crippen molar-refractivity contribution in [1.82, 2.24) is 4.57 Å². The topological polar surface area (TPSA) is 74.9 Å². The van der Waals surface area contributed by atoms with Gasteiger partial charge in [-0.15, -0.1) is 0 Å². The number of amides is 1. The number of carbonyl (C=O) groups excluding carboxylic acids is 1. The molecule has 0 aliphatic rings. The highest BCUT2D eigenvalue weighted by Gasteiger charge is 2.10. The second kappa shape index (κ2) is 5.59. The van der Waals surface area contributed by atoms with Gasteiger partial charge in [-0.1, -0.05) is 11.6 Å². The van der Waals surface area contributed by atoms with Crippen molar-refractivity contribution in [1.29, 1.82) is 5.26 Å².